The van der Waals surface area contributed by atoms with Crippen molar-refractivity contribution in [3.63, 3.8) is 0 Å². The molecule has 1 aromatic heterocycles. The topological polar surface area (TPSA) is 17.8 Å². The predicted octanol–water partition coefficient (Wildman–Crippen LogP) is 5.14. The number of unbranched alkanes of at least 4 members (excludes halogenated alkanes) is 5. The lowest BCUT2D eigenvalue weighted by Crippen LogP contribution is -2.02. The van der Waals surface area contributed by atoms with E-state index in [0.717, 1.165) is 17.9 Å². The molecule has 0 aliphatic carbocycles. The molecule has 0 radical (unpaired) electrons. The smallest absolute Gasteiger partial charge is 0.124 e. The van der Waals surface area contributed by atoms with E-state index >= 15 is 0 Å². The van der Waals surface area contributed by atoms with Gasteiger partial charge in [0.25, 0.3) is 0 Å². The summed E-state index contributed by atoms with van der Waals surface area (Å²) in [6, 6.07) is 8.29. The molecule has 0 amide bonds. The van der Waals surface area contributed by atoms with Crippen molar-refractivity contribution in [3.05, 3.63) is 30.1 Å². The molecule has 0 spiro atoms. The van der Waals surface area contributed by atoms with Gasteiger partial charge < -0.3 is 4.57 Å². The Morgan fingerprint density at radius 2 is 1.79 bits per heavy atom. The molecule has 2 aromatic rings. The van der Waals surface area contributed by atoms with Crippen LogP contribution in [0, 0.1) is 0 Å². The zero-order valence-corrected chi connectivity index (χ0v) is 12.5. The highest BCUT2D eigenvalue weighted by Crippen LogP contribution is 2.18. The zero-order chi connectivity index (χ0) is 13.5. The van der Waals surface area contributed by atoms with Crippen LogP contribution in [-0.4, -0.2) is 9.55 Å². The van der Waals surface area contributed by atoms with Crippen molar-refractivity contribution in [1.82, 2.24) is 9.55 Å². The lowest BCUT2D eigenvalue weighted by Gasteiger charge is -2.07. The largest absolute Gasteiger partial charge is 0.327 e. The molecule has 0 saturated carbocycles. The van der Waals surface area contributed by atoms with Gasteiger partial charge in [0.05, 0.1) is 16.9 Å². The second kappa shape index (κ2) is 7.54. The third kappa shape index (κ3) is 3.73. The first-order valence-electron chi connectivity index (χ1n) is 7.37. The first-order chi connectivity index (χ1) is 9.36. The maximum absolute atomic E-state index is 6.00. The molecule has 0 unspecified atom stereocenters. The molecule has 0 aliphatic rings. The van der Waals surface area contributed by atoms with Crippen LogP contribution in [0.15, 0.2) is 24.3 Å². The molecule has 0 aliphatic heterocycles. The highest BCUT2D eigenvalue weighted by atomic mass is 35.5. The molecule has 2 rings (SSSR count). The highest BCUT2D eigenvalue weighted by molar-refractivity contribution is 6.16. The summed E-state index contributed by atoms with van der Waals surface area (Å²) >= 11 is 6.00. The van der Waals surface area contributed by atoms with Crippen molar-refractivity contribution < 1.29 is 0 Å². The summed E-state index contributed by atoms with van der Waals surface area (Å²) in [6.07, 6.45) is 7.89. The number of aromatic nitrogens is 2. The minimum Gasteiger partial charge on any atom is -0.327 e. The SMILES string of the molecule is CCCCCCCCn1c(CCl)nc2ccccc21. The lowest BCUT2D eigenvalue weighted by molar-refractivity contribution is 0.557. The molecule has 2 nitrogen and oxygen atoms in total. The minimum absolute atomic E-state index is 0.491. The van der Waals surface area contributed by atoms with E-state index < -0.39 is 0 Å². The maximum Gasteiger partial charge on any atom is 0.124 e. The maximum atomic E-state index is 6.00. The van der Waals surface area contributed by atoms with Crippen LogP contribution < -0.4 is 0 Å². The fraction of sp³-hybridized carbons (Fsp3) is 0.562. The van der Waals surface area contributed by atoms with Crippen LogP contribution in [0.2, 0.25) is 0 Å². The van der Waals surface area contributed by atoms with Gasteiger partial charge >= 0.3 is 0 Å². The van der Waals surface area contributed by atoms with E-state index in [0.29, 0.717) is 5.88 Å². The van der Waals surface area contributed by atoms with Gasteiger partial charge in [0.2, 0.25) is 0 Å². The average Bonchev–Trinajstić information content (AvgIpc) is 2.81. The van der Waals surface area contributed by atoms with Gasteiger partial charge in [-0.2, -0.15) is 0 Å². The standard InChI is InChI=1S/C16H23ClN2/c1-2-3-4-5-6-9-12-19-15-11-8-7-10-14(15)18-16(19)13-17/h7-8,10-11H,2-6,9,12-13H2,1H3. The molecule has 3 heteroatoms. The Labute approximate surface area is 120 Å². The van der Waals surface area contributed by atoms with Crippen LogP contribution >= 0.6 is 11.6 Å². The van der Waals surface area contributed by atoms with Gasteiger partial charge in [-0.1, -0.05) is 51.2 Å². The Morgan fingerprint density at radius 1 is 1.05 bits per heavy atom. The Morgan fingerprint density at radius 3 is 2.58 bits per heavy atom. The van der Waals surface area contributed by atoms with E-state index in [1.54, 1.807) is 0 Å². The van der Waals surface area contributed by atoms with Gasteiger partial charge in [-0.3, -0.25) is 0 Å². The summed E-state index contributed by atoms with van der Waals surface area (Å²) in [5.74, 6) is 1.49. The molecule has 0 atom stereocenters. The molecule has 1 heterocycles. The monoisotopic (exact) mass is 278 g/mol. The van der Waals surface area contributed by atoms with E-state index in [9.17, 15) is 0 Å². The lowest BCUT2D eigenvalue weighted by atomic mass is 10.1. The quantitative estimate of drug-likeness (QED) is 0.483. The first kappa shape index (κ1) is 14.4. The van der Waals surface area contributed by atoms with Crippen LogP contribution in [0.1, 0.15) is 51.3 Å². The van der Waals surface area contributed by atoms with Gasteiger partial charge in [-0.05, 0) is 18.6 Å². The molecule has 0 N–H and O–H groups in total. The Kier molecular flexibility index (Phi) is 5.71. The first-order valence-corrected chi connectivity index (χ1v) is 7.90. The van der Waals surface area contributed by atoms with E-state index in [2.05, 4.69) is 34.7 Å². The Hall–Kier alpha value is -1.02. The van der Waals surface area contributed by atoms with Crippen molar-refractivity contribution in [2.24, 2.45) is 0 Å². The molecule has 0 fully saturated rings. The van der Waals surface area contributed by atoms with Gasteiger partial charge in [-0.15, -0.1) is 11.6 Å². The molecule has 0 saturated heterocycles. The molecular weight excluding hydrogens is 256 g/mol. The number of hydrogen-bond donors (Lipinski definition) is 0. The number of imidazole rings is 1. The minimum atomic E-state index is 0.491. The normalized spacial score (nSPS) is 11.3. The van der Waals surface area contributed by atoms with Crippen molar-refractivity contribution >= 4 is 22.6 Å². The van der Waals surface area contributed by atoms with Gasteiger partial charge in [0.15, 0.2) is 0 Å². The van der Waals surface area contributed by atoms with Crippen LogP contribution in [0.3, 0.4) is 0 Å². The summed E-state index contributed by atoms with van der Waals surface area (Å²) in [7, 11) is 0. The Balaban J connectivity index is 1.95. The summed E-state index contributed by atoms with van der Waals surface area (Å²) in [4.78, 5) is 4.59. The number of halogens is 1. The number of nitrogens with zero attached hydrogens (tertiary/aromatic N) is 2. The number of hydrogen-bond acceptors (Lipinski definition) is 1. The zero-order valence-electron chi connectivity index (χ0n) is 11.7. The second-order valence-corrected chi connectivity index (χ2v) is 5.34. The van der Waals surface area contributed by atoms with Crippen molar-refractivity contribution in [3.8, 4) is 0 Å². The number of fused-ring (bicyclic) bond motifs is 1. The summed E-state index contributed by atoms with van der Waals surface area (Å²) < 4.78 is 2.28. The molecule has 0 bridgehead atoms. The summed E-state index contributed by atoms with van der Waals surface area (Å²) in [5.41, 5.74) is 2.27. The molecule has 19 heavy (non-hydrogen) atoms. The van der Waals surface area contributed by atoms with E-state index in [4.69, 9.17) is 11.6 Å². The van der Waals surface area contributed by atoms with Crippen LogP contribution in [0.4, 0.5) is 0 Å². The van der Waals surface area contributed by atoms with Gasteiger partial charge in [0, 0.05) is 6.54 Å². The third-order valence-electron chi connectivity index (χ3n) is 3.59. The third-order valence-corrected chi connectivity index (χ3v) is 3.83. The summed E-state index contributed by atoms with van der Waals surface area (Å²) in [6.45, 7) is 3.29. The van der Waals surface area contributed by atoms with Crippen molar-refractivity contribution in [2.45, 2.75) is 57.9 Å². The Bertz CT molecular complexity index is 504. The second-order valence-electron chi connectivity index (χ2n) is 5.07. The van der Waals surface area contributed by atoms with E-state index in [1.807, 2.05) is 6.07 Å². The fourth-order valence-corrected chi connectivity index (χ4v) is 2.73. The number of para-hydroxylation sites is 2. The number of alkyl halides is 1. The van der Waals surface area contributed by atoms with E-state index in [-0.39, 0.29) is 0 Å². The highest BCUT2D eigenvalue weighted by Gasteiger charge is 2.08. The van der Waals surface area contributed by atoms with Crippen LogP contribution in [-0.2, 0) is 12.4 Å². The summed E-state index contributed by atoms with van der Waals surface area (Å²) in [5, 5.41) is 0. The molecular formula is C16H23ClN2. The number of rotatable bonds is 8. The van der Waals surface area contributed by atoms with E-state index in [1.165, 1.54) is 44.0 Å². The predicted molar refractivity (Wildman–Crippen MR) is 82.7 cm³/mol. The molecule has 104 valence electrons. The van der Waals surface area contributed by atoms with Crippen LogP contribution in [0.5, 0.6) is 0 Å². The fourth-order valence-electron chi connectivity index (χ4n) is 2.53. The van der Waals surface area contributed by atoms with Gasteiger partial charge in [-0.25, -0.2) is 4.98 Å². The van der Waals surface area contributed by atoms with Crippen molar-refractivity contribution in [1.29, 1.82) is 0 Å². The number of benzene rings is 1. The number of aryl methyl sites for hydroxylation is 1. The average molecular weight is 279 g/mol. The van der Waals surface area contributed by atoms with Crippen molar-refractivity contribution in [2.75, 3.05) is 0 Å². The van der Waals surface area contributed by atoms with Crippen LogP contribution in [0.25, 0.3) is 11.0 Å². The van der Waals surface area contributed by atoms with Gasteiger partial charge in [0.1, 0.15) is 5.82 Å². The molecule has 1 aromatic carbocycles.